The van der Waals surface area contributed by atoms with E-state index in [1.54, 1.807) is 0 Å². The van der Waals surface area contributed by atoms with Gasteiger partial charge in [-0.15, -0.1) is 6.58 Å². The molecular weight excluding hydrogens is 208 g/mol. The summed E-state index contributed by atoms with van der Waals surface area (Å²) < 4.78 is 5.75. The SMILES string of the molecule is C=CC[CH]c1cccc(Oc2ccccc2)c1. The van der Waals surface area contributed by atoms with Gasteiger partial charge in [0.05, 0.1) is 0 Å². The molecule has 0 fully saturated rings. The first-order chi connectivity index (χ1) is 8.38. The third kappa shape index (κ3) is 3.49. The Kier molecular flexibility index (Phi) is 3.98. The summed E-state index contributed by atoms with van der Waals surface area (Å²) in [7, 11) is 0. The molecule has 1 heteroatoms. The van der Waals surface area contributed by atoms with E-state index in [-0.39, 0.29) is 0 Å². The van der Waals surface area contributed by atoms with Crippen LogP contribution in [0, 0.1) is 6.42 Å². The van der Waals surface area contributed by atoms with Crippen LogP contribution in [0.15, 0.2) is 67.3 Å². The maximum Gasteiger partial charge on any atom is 0.127 e. The van der Waals surface area contributed by atoms with Gasteiger partial charge in [0, 0.05) is 0 Å². The van der Waals surface area contributed by atoms with Crippen LogP contribution in [0.2, 0.25) is 0 Å². The predicted octanol–water partition coefficient (Wildman–Crippen LogP) is 4.61. The van der Waals surface area contributed by atoms with E-state index in [4.69, 9.17) is 4.74 Å². The van der Waals surface area contributed by atoms with E-state index >= 15 is 0 Å². The number of ether oxygens (including phenoxy) is 1. The smallest absolute Gasteiger partial charge is 0.127 e. The van der Waals surface area contributed by atoms with Gasteiger partial charge >= 0.3 is 0 Å². The molecule has 2 aromatic carbocycles. The first-order valence-electron chi connectivity index (χ1n) is 5.65. The maximum absolute atomic E-state index is 5.75. The second-order valence-corrected chi connectivity index (χ2v) is 3.72. The van der Waals surface area contributed by atoms with Crippen molar-refractivity contribution in [2.24, 2.45) is 0 Å². The predicted molar refractivity (Wildman–Crippen MR) is 71.2 cm³/mol. The summed E-state index contributed by atoms with van der Waals surface area (Å²) in [6.07, 6.45) is 4.87. The third-order valence-corrected chi connectivity index (χ3v) is 2.36. The zero-order valence-corrected chi connectivity index (χ0v) is 9.67. The second kappa shape index (κ2) is 5.90. The van der Waals surface area contributed by atoms with Crippen LogP contribution in [0.25, 0.3) is 0 Å². The third-order valence-electron chi connectivity index (χ3n) is 2.36. The van der Waals surface area contributed by atoms with Gasteiger partial charge in [0.2, 0.25) is 0 Å². The van der Waals surface area contributed by atoms with E-state index in [9.17, 15) is 0 Å². The molecule has 0 amide bonds. The molecule has 0 spiro atoms. The fourth-order valence-electron chi connectivity index (χ4n) is 1.55. The lowest BCUT2D eigenvalue weighted by atomic mass is 10.1. The van der Waals surface area contributed by atoms with Crippen molar-refractivity contribution in [1.29, 1.82) is 0 Å². The van der Waals surface area contributed by atoms with Crippen LogP contribution in [0.5, 0.6) is 11.5 Å². The molecule has 0 aliphatic carbocycles. The van der Waals surface area contributed by atoms with Crippen LogP contribution in [-0.2, 0) is 0 Å². The number of allylic oxidation sites excluding steroid dienone is 1. The van der Waals surface area contributed by atoms with Crippen LogP contribution in [0.3, 0.4) is 0 Å². The molecule has 0 aromatic heterocycles. The molecule has 0 bridgehead atoms. The molecule has 0 saturated carbocycles. The van der Waals surface area contributed by atoms with Crippen LogP contribution in [0.4, 0.5) is 0 Å². The van der Waals surface area contributed by atoms with Crippen LogP contribution >= 0.6 is 0 Å². The topological polar surface area (TPSA) is 9.23 Å². The van der Waals surface area contributed by atoms with Crippen molar-refractivity contribution in [2.75, 3.05) is 0 Å². The Morgan fingerprint density at radius 2 is 1.71 bits per heavy atom. The highest BCUT2D eigenvalue weighted by Gasteiger charge is 1.98. The fourth-order valence-corrected chi connectivity index (χ4v) is 1.55. The van der Waals surface area contributed by atoms with Crippen LogP contribution in [0.1, 0.15) is 12.0 Å². The van der Waals surface area contributed by atoms with E-state index in [0.29, 0.717) is 0 Å². The van der Waals surface area contributed by atoms with E-state index in [2.05, 4.69) is 19.1 Å². The van der Waals surface area contributed by atoms with Crippen molar-refractivity contribution in [3.05, 3.63) is 79.2 Å². The van der Waals surface area contributed by atoms with Gasteiger partial charge < -0.3 is 4.74 Å². The molecule has 0 heterocycles. The Morgan fingerprint density at radius 1 is 0.941 bits per heavy atom. The lowest BCUT2D eigenvalue weighted by Crippen LogP contribution is -1.86. The first kappa shape index (κ1) is 11.5. The zero-order chi connectivity index (χ0) is 11.9. The van der Waals surface area contributed by atoms with E-state index in [1.807, 2.05) is 54.6 Å². The van der Waals surface area contributed by atoms with E-state index < -0.39 is 0 Å². The summed E-state index contributed by atoms with van der Waals surface area (Å²) in [5, 5.41) is 0. The Balaban J connectivity index is 2.08. The summed E-state index contributed by atoms with van der Waals surface area (Å²) >= 11 is 0. The highest BCUT2D eigenvalue weighted by molar-refractivity contribution is 5.36. The normalized spacial score (nSPS) is 9.88. The average molecular weight is 223 g/mol. The summed E-state index contributed by atoms with van der Waals surface area (Å²) in [5.74, 6) is 1.71. The minimum Gasteiger partial charge on any atom is -0.457 e. The Labute approximate surface area is 102 Å². The van der Waals surface area contributed by atoms with Gasteiger partial charge in [0.15, 0.2) is 0 Å². The van der Waals surface area contributed by atoms with E-state index in [1.165, 1.54) is 0 Å². The van der Waals surface area contributed by atoms with Crippen molar-refractivity contribution in [3.63, 3.8) is 0 Å². The van der Waals surface area contributed by atoms with Gasteiger partial charge in [-0.05, 0) is 42.7 Å². The number of hydrogen-bond donors (Lipinski definition) is 0. The van der Waals surface area contributed by atoms with Gasteiger partial charge in [-0.3, -0.25) is 0 Å². The lowest BCUT2D eigenvalue weighted by molar-refractivity contribution is 0.482. The average Bonchev–Trinajstić information content (AvgIpc) is 2.38. The van der Waals surface area contributed by atoms with Crippen LogP contribution in [-0.4, -0.2) is 0 Å². The monoisotopic (exact) mass is 223 g/mol. The molecule has 85 valence electrons. The molecule has 0 unspecified atom stereocenters. The molecule has 2 aromatic rings. The van der Waals surface area contributed by atoms with Gasteiger partial charge in [-0.25, -0.2) is 0 Å². The number of rotatable bonds is 5. The van der Waals surface area contributed by atoms with E-state index in [0.717, 1.165) is 23.5 Å². The second-order valence-electron chi connectivity index (χ2n) is 3.72. The fraction of sp³-hybridized carbons (Fsp3) is 0.0625. The Bertz CT molecular complexity index is 474. The minimum atomic E-state index is 0.855. The summed E-state index contributed by atoms with van der Waals surface area (Å²) in [4.78, 5) is 0. The molecule has 0 aliphatic rings. The van der Waals surface area contributed by atoms with Gasteiger partial charge in [0.25, 0.3) is 0 Å². The number of benzene rings is 2. The number of hydrogen-bond acceptors (Lipinski definition) is 1. The number of para-hydroxylation sites is 1. The van der Waals surface area contributed by atoms with Gasteiger partial charge in [-0.2, -0.15) is 0 Å². The molecule has 0 atom stereocenters. The lowest BCUT2D eigenvalue weighted by Gasteiger charge is -2.06. The van der Waals surface area contributed by atoms with Crippen LogP contribution < -0.4 is 4.74 Å². The first-order valence-corrected chi connectivity index (χ1v) is 5.65. The van der Waals surface area contributed by atoms with Gasteiger partial charge in [0.1, 0.15) is 11.5 Å². The van der Waals surface area contributed by atoms with Crippen molar-refractivity contribution < 1.29 is 4.74 Å². The molecule has 0 saturated heterocycles. The van der Waals surface area contributed by atoms with Crippen molar-refractivity contribution >= 4 is 0 Å². The van der Waals surface area contributed by atoms with Crippen molar-refractivity contribution in [2.45, 2.75) is 6.42 Å². The standard InChI is InChI=1S/C16H15O/c1-2-3-8-14-9-7-12-16(13-14)17-15-10-5-4-6-11-15/h2,4-13H,1,3H2. The molecule has 1 nitrogen and oxygen atoms in total. The van der Waals surface area contributed by atoms with Gasteiger partial charge in [-0.1, -0.05) is 36.4 Å². The maximum atomic E-state index is 5.75. The van der Waals surface area contributed by atoms with Crippen molar-refractivity contribution in [1.82, 2.24) is 0 Å². The molecule has 1 radical (unpaired) electrons. The largest absolute Gasteiger partial charge is 0.457 e. The summed E-state index contributed by atoms with van der Waals surface area (Å²) in [6.45, 7) is 3.70. The molecule has 0 N–H and O–H groups in total. The molecular formula is C16H15O. The Hall–Kier alpha value is -2.02. The molecule has 17 heavy (non-hydrogen) atoms. The summed E-state index contributed by atoms with van der Waals surface area (Å²) in [6, 6.07) is 17.8. The molecule has 2 rings (SSSR count). The highest BCUT2D eigenvalue weighted by atomic mass is 16.5. The summed E-state index contributed by atoms with van der Waals surface area (Å²) in [5.41, 5.74) is 1.15. The quantitative estimate of drug-likeness (QED) is 0.673. The van der Waals surface area contributed by atoms with Crippen molar-refractivity contribution in [3.8, 4) is 11.5 Å². The Morgan fingerprint density at radius 3 is 2.47 bits per heavy atom. The highest BCUT2D eigenvalue weighted by Crippen LogP contribution is 2.22. The zero-order valence-electron chi connectivity index (χ0n) is 9.67. The molecule has 0 aliphatic heterocycles. The minimum absolute atomic E-state index is 0.855.